The van der Waals surface area contributed by atoms with Crippen LogP contribution in [0.25, 0.3) is 268 Å². The third kappa shape index (κ3) is 16.6. The van der Waals surface area contributed by atoms with Crippen LogP contribution in [0.2, 0.25) is 0 Å². The number of hydrogen-bond donors (Lipinski definition) is 0. The first-order valence-corrected chi connectivity index (χ1v) is 46.6. The number of para-hydroxylation sites is 1. The maximum absolute atomic E-state index is 6.54. The Morgan fingerprint density at radius 2 is 0.433 bits per heavy atom. The van der Waals surface area contributed by atoms with E-state index in [1.165, 1.54) is 0 Å². The molecule has 27 aromatic rings. The summed E-state index contributed by atoms with van der Waals surface area (Å²) in [4.78, 5) is 58.1. The van der Waals surface area contributed by atoms with Gasteiger partial charge in [0, 0.05) is 106 Å². The summed E-state index contributed by atoms with van der Waals surface area (Å²) in [6.45, 7) is 0. The third-order valence-corrected chi connectivity index (χ3v) is 25.7. The van der Waals surface area contributed by atoms with Crippen LogP contribution in [-0.2, 0) is 0 Å². The Bertz CT molecular complexity index is 8320. The normalized spacial score (nSPS) is 11.4. The highest BCUT2D eigenvalue weighted by Gasteiger charge is 2.25. The van der Waals surface area contributed by atoms with E-state index in [0.29, 0.717) is 52.4 Å². The zero-order chi connectivity index (χ0) is 93.5. The van der Waals surface area contributed by atoms with Crippen LogP contribution < -0.4 is 0 Å². The Kier molecular flexibility index (Phi) is 21.6. The second-order valence-corrected chi connectivity index (χ2v) is 34.6. The van der Waals surface area contributed by atoms with E-state index in [-0.39, 0.29) is 0 Å². The lowest BCUT2D eigenvalue weighted by Crippen LogP contribution is -2.00. The summed E-state index contributed by atoms with van der Waals surface area (Å²) in [7, 11) is 0. The van der Waals surface area contributed by atoms with Crippen molar-refractivity contribution in [1.82, 2.24) is 59.8 Å². The minimum Gasteiger partial charge on any atom is -0.456 e. The molecular formula is C126H78N12O3. The van der Waals surface area contributed by atoms with Gasteiger partial charge >= 0.3 is 0 Å². The highest BCUT2D eigenvalue weighted by molar-refractivity contribution is 6.19. The Morgan fingerprint density at radius 3 is 0.801 bits per heavy atom. The van der Waals surface area contributed by atoms with Gasteiger partial charge in [-0.05, 0) is 157 Å². The molecule has 9 heterocycles. The SMILES string of the molecule is c1ccc(-c2cc(-c3ccc(-c4nc(-c5ccccc5)nc(-c5ccccc5)n4)cc3)c3c(c2)oc2cc4ccccc4nc23)cc1.c1ccc(-c2cc(-c3ccc(-c4nc(-c5ccccc5)nc(-c5ccccc5)n4)cc3)c3c(c2)oc2cc4cccnc4cc23)cc1.c1ccc(-c2cc(-c3ccc(-c4nc(-c5ccccc5)nc(-c5ccccc5)n4)cc3)c3c(c2)oc2cc4ccncc4cc23)cc1. The van der Waals surface area contributed by atoms with Gasteiger partial charge in [0.2, 0.25) is 0 Å². The molecule has 660 valence electrons. The molecule has 27 rings (SSSR count). The molecule has 0 aliphatic carbocycles. The van der Waals surface area contributed by atoms with Gasteiger partial charge in [0.1, 0.15) is 33.4 Å². The molecule has 141 heavy (non-hydrogen) atoms. The first-order valence-electron chi connectivity index (χ1n) is 46.6. The molecule has 0 unspecified atom stereocenters. The van der Waals surface area contributed by atoms with Crippen LogP contribution in [0, 0.1) is 0 Å². The van der Waals surface area contributed by atoms with E-state index in [4.69, 9.17) is 63.1 Å². The quantitative estimate of drug-likeness (QED) is 0.0940. The van der Waals surface area contributed by atoms with Gasteiger partial charge in [-0.2, -0.15) is 0 Å². The van der Waals surface area contributed by atoms with Crippen LogP contribution in [0.5, 0.6) is 0 Å². The fourth-order valence-electron chi connectivity index (χ4n) is 18.7. The molecule has 0 amide bonds. The van der Waals surface area contributed by atoms with Crippen LogP contribution in [0.3, 0.4) is 0 Å². The molecule has 15 heteroatoms. The summed E-state index contributed by atoms with van der Waals surface area (Å²) in [5, 5.41) is 9.53. The van der Waals surface area contributed by atoms with Gasteiger partial charge in [-0.15, -0.1) is 0 Å². The van der Waals surface area contributed by atoms with Crippen molar-refractivity contribution >= 4 is 98.5 Å². The van der Waals surface area contributed by atoms with Crippen molar-refractivity contribution in [3.63, 3.8) is 0 Å². The first kappa shape index (κ1) is 83.4. The number of nitrogens with zero attached hydrogens (tertiary/aromatic N) is 12. The minimum absolute atomic E-state index is 0.620. The fourth-order valence-corrected chi connectivity index (χ4v) is 18.7. The Balaban J connectivity index is 0.000000111. The number of pyridine rings is 3. The average molecular weight is 1810 g/mol. The van der Waals surface area contributed by atoms with Crippen LogP contribution in [0.15, 0.2) is 487 Å². The molecular weight excluding hydrogens is 1730 g/mol. The molecule has 0 spiro atoms. The van der Waals surface area contributed by atoms with Crippen molar-refractivity contribution in [2.75, 3.05) is 0 Å². The molecule has 0 radical (unpaired) electrons. The van der Waals surface area contributed by atoms with Crippen molar-refractivity contribution in [1.29, 1.82) is 0 Å². The molecule has 18 aromatic carbocycles. The Hall–Kier alpha value is -19.4. The lowest BCUT2D eigenvalue weighted by molar-refractivity contribution is 0.669. The molecule has 9 aromatic heterocycles. The minimum atomic E-state index is 0.620. The summed E-state index contributed by atoms with van der Waals surface area (Å²) >= 11 is 0. The molecule has 0 aliphatic rings. The number of furan rings is 3. The summed E-state index contributed by atoms with van der Waals surface area (Å²) < 4.78 is 19.6. The number of fused-ring (bicyclic) bond motifs is 12. The molecule has 0 bridgehead atoms. The van der Waals surface area contributed by atoms with Gasteiger partial charge in [0.25, 0.3) is 0 Å². The highest BCUT2D eigenvalue weighted by Crippen LogP contribution is 2.47. The number of rotatable bonds is 15. The Morgan fingerprint density at radius 1 is 0.156 bits per heavy atom. The molecule has 0 saturated carbocycles. The van der Waals surface area contributed by atoms with Gasteiger partial charge in [0.05, 0.1) is 16.4 Å². The van der Waals surface area contributed by atoms with Crippen molar-refractivity contribution in [2.45, 2.75) is 0 Å². The first-order chi connectivity index (χ1) is 69.8. The summed E-state index contributed by atoms with van der Waals surface area (Å²) in [5.74, 6) is 5.71. The van der Waals surface area contributed by atoms with Gasteiger partial charge in [-0.1, -0.05) is 370 Å². The lowest BCUT2D eigenvalue weighted by atomic mass is 9.93. The summed E-state index contributed by atoms with van der Waals surface area (Å²) in [5.41, 5.74) is 29.2. The van der Waals surface area contributed by atoms with E-state index in [0.717, 1.165) is 215 Å². The van der Waals surface area contributed by atoms with E-state index < -0.39 is 0 Å². The molecule has 0 fully saturated rings. The van der Waals surface area contributed by atoms with Crippen LogP contribution in [-0.4, -0.2) is 59.8 Å². The predicted octanol–water partition coefficient (Wildman–Crippen LogP) is 32.0. The van der Waals surface area contributed by atoms with E-state index >= 15 is 0 Å². The number of hydrogen-bond acceptors (Lipinski definition) is 15. The van der Waals surface area contributed by atoms with Gasteiger partial charge < -0.3 is 13.3 Å². The predicted molar refractivity (Wildman–Crippen MR) is 569 cm³/mol. The van der Waals surface area contributed by atoms with Crippen molar-refractivity contribution in [2.24, 2.45) is 0 Å². The zero-order valence-electron chi connectivity index (χ0n) is 75.6. The fraction of sp³-hybridized carbons (Fsp3) is 0. The zero-order valence-corrected chi connectivity index (χ0v) is 75.6. The van der Waals surface area contributed by atoms with E-state index in [1.807, 2.05) is 249 Å². The van der Waals surface area contributed by atoms with Crippen molar-refractivity contribution in [3.8, 4) is 169 Å². The molecule has 0 N–H and O–H groups in total. The maximum Gasteiger partial charge on any atom is 0.164 e. The molecule has 0 saturated heterocycles. The second-order valence-electron chi connectivity index (χ2n) is 34.6. The lowest BCUT2D eigenvalue weighted by Gasteiger charge is -2.11. The number of aromatic nitrogens is 12. The summed E-state index contributed by atoms with van der Waals surface area (Å²) in [6, 6.07) is 155. The van der Waals surface area contributed by atoms with Crippen LogP contribution >= 0.6 is 0 Å². The van der Waals surface area contributed by atoms with E-state index in [1.54, 1.807) is 0 Å². The van der Waals surface area contributed by atoms with Crippen molar-refractivity contribution in [3.05, 3.63) is 474 Å². The largest absolute Gasteiger partial charge is 0.456 e. The van der Waals surface area contributed by atoms with Crippen LogP contribution in [0.4, 0.5) is 0 Å². The highest BCUT2D eigenvalue weighted by atomic mass is 16.3. The second kappa shape index (κ2) is 36.4. The molecule has 0 atom stereocenters. The summed E-state index contributed by atoms with van der Waals surface area (Å²) in [6.07, 6.45) is 5.55. The van der Waals surface area contributed by atoms with E-state index in [9.17, 15) is 0 Å². The topological polar surface area (TPSA) is 194 Å². The van der Waals surface area contributed by atoms with Crippen LogP contribution in [0.1, 0.15) is 0 Å². The van der Waals surface area contributed by atoms with Gasteiger partial charge in [0.15, 0.2) is 58.0 Å². The van der Waals surface area contributed by atoms with Gasteiger partial charge in [-0.3, -0.25) is 9.97 Å². The maximum atomic E-state index is 6.54. The van der Waals surface area contributed by atoms with Gasteiger partial charge in [-0.25, -0.2) is 49.8 Å². The smallest absolute Gasteiger partial charge is 0.164 e. The average Bonchev–Trinajstić information content (AvgIpc) is 1.60. The third-order valence-electron chi connectivity index (χ3n) is 25.7. The standard InChI is InChI=1S/3C42H26N4O/c1-4-12-27(13-5-1)33-24-34(38-36(26-33)47-37-25-32-18-10-11-19-35(32)43-39(37)38)28-20-22-31(23-21-28)42-45-40(29-14-6-2-7-15-29)44-41(46-42)30-16-8-3-9-17-30;1-4-11-27(12-5-1)33-23-34(39-35-26-36-32(17-10-22-43-36)24-37(35)47-38(39)25-33)28-18-20-31(21-19-28)42-45-40(29-13-6-2-7-14-29)44-41(46-42)30-15-8-3-9-16-30;1-4-10-27(11-5-1)33-22-35(39-36-23-34-26-43-21-20-32(34)24-37(36)47-38(39)25-33)28-16-18-31(19-17-28)42-45-40(29-12-6-2-7-13-29)44-41(46-42)30-14-8-3-9-15-30/h3*1-26H. The van der Waals surface area contributed by atoms with E-state index in [2.05, 4.69) is 234 Å². The molecule has 15 nitrogen and oxygen atoms in total. The monoisotopic (exact) mass is 1810 g/mol. The van der Waals surface area contributed by atoms with Crippen molar-refractivity contribution < 1.29 is 13.3 Å². The molecule has 0 aliphatic heterocycles. The number of benzene rings is 18. The Labute approximate surface area is 809 Å².